The van der Waals surface area contributed by atoms with Crippen LogP contribution in [0.3, 0.4) is 0 Å². The van der Waals surface area contributed by atoms with Crippen molar-refractivity contribution in [1.29, 1.82) is 5.41 Å². The summed E-state index contributed by atoms with van der Waals surface area (Å²) in [6.07, 6.45) is 1.77. The van der Waals surface area contributed by atoms with E-state index in [2.05, 4.69) is 0 Å². The normalized spacial score (nSPS) is 19.8. The Balaban J connectivity index is 1.84. The first-order valence-corrected chi connectivity index (χ1v) is 11.9. The van der Waals surface area contributed by atoms with Crippen molar-refractivity contribution >= 4 is 46.3 Å². The Labute approximate surface area is 208 Å². The van der Waals surface area contributed by atoms with E-state index in [0.29, 0.717) is 57.3 Å². The SMILES string of the molecule is N=C1C(=C(O)c2ccccc2)C(c2ccccc2Cl)C2=C(CCCC2=O)N1c1ccc(Cl)cc1. The lowest BCUT2D eigenvalue weighted by Crippen LogP contribution is -2.42. The van der Waals surface area contributed by atoms with Crippen LogP contribution in [0.5, 0.6) is 0 Å². The van der Waals surface area contributed by atoms with E-state index in [1.54, 1.807) is 35.2 Å². The second-order valence-corrected chi connectivity index (χ2v) is 9.22. The van der Waals surface area contributed by atoms with Crippen molar-refractivity contribution in [3.8, 4) is 0 Å². The van der Waals surface area contributed by atoms with E-state index < -0.39 is 5.92 Å². The third-order valence-corrected chi connectivity index (χ3v) is 6.95. The van der Waals surface area contributed by atoms with Gasteiger partial charge in [-0.1, -0.05) is 71.7 Å². The molecule has 5 rings (SSSR count). The topological polar surface area (TPSA) is 64.4 Å². The molecule has 1 atom stereocenters. The molecule has 34 heavy (non-hydrogen) atoms. The van der Waals surface area contributed by atoms with Crippen molar-refractivity contribution in [3.63, 3.8) is 0 Å². The van der Waals surface area contributed by atoms with Crippen molar-refractivity contribution in [2.75, 3.05) is 4.90 Å². The number of amidine groups is 1. The van der Waals surface area contributed by atoms with Crippen molar-refractivity contribution in [3.05, 3.63) is 117 Å². The van der Waals surface area contributed by atoms with Gasteiger partial charge in [0.15, 0.2) is 5.78 Å². The van der Waals surface area contributed by atoms with Crippen LogP contribution >= 0.6 is 23.2 Å². The third-order valence-electron chi connectivity index (χ3n) is 6.36. The Kier molecular flexibility index (Phi) is 6.03. The lowest BCUT2D eigenvalue weighted by atomic mass is 9.73. The maximum Gasteiger partial charge on any atom is 0.161 e. The second kappa shape index (κ2) is 9.13. The Morgan fingerprint density at radius 3 is 2.29 bits per heavy atom. The van der Waals surface area contributed by atoms with Gasteiger partial charge in [0, 0.05) is 50.5 Å². The van der Waals surface area contributed by atoms with Gasteiger partial charge in [-0.25, -0.2) is 0 Å². The molecule has 0 amide bonds. The molecule has 0 fully saturated rings. The van der Waals surface area contributed by atoms with Gasteiger partial charge in [0.05, 0.1) is 0 Å². The lowest BCUT2D eigenvalue weighted by molar-refractivity contribution is -0.116. The number of anilines is 1. The first kappa shape index (κ1) is 22.5. The molecular formula is C28H22Cl2N2O2. The monoisotopic (exact) mass is 488 g/mol. The molecule has 6 heteroatoms. The Morgan fingerprint density at radius 2 is 1.59 bits per heavy atom. The zero-order chi connectivity index (χ0) is 23.8. The minimum Gasteiger partial charge on any atom is -0.507 e. The van der Waals surface area contributed by atoms with Crippen LogP contribution in [0.4, 0.5) is 5.69 Å². The Morgan fingerprint density at radius 1 is 0.912 bits per heavy atom. The molecule has 4 nitrogen and oxygen atoms in total. The van der Waals surface area contributed by atoms with E-state index >= 15 is 0 Å². The summed E-state index contributed by atoms with van der Waals surface area (Å²) in [5, 5.41) is 21.9. The summed E-state index contributed by atoms with van der Waals surface area (Å²) in [4.78, 5) is 15.2. The number of halogens is 2. The summed E-state index contributed by atoms with van der Waals surface area (Å²) < 4.78 is 0. The lowest BCUT2D eigenvalue weighted by Gasteiger charge is -2.42. The molecule has 0 aromatic heterocycles. The number of nitrogens with zero attached hydrogens (tertiary/aromatic N) is 1. The van der Waals surface area contributed by atoms with Crippen molar-refractivity contribution in [2.45, 2.75) is 25.2 Å². The second-order valence-electron chi connectivity index (χ2n) is 8.38. The number of allylic oxidation sites excluding steroid dienone is 2. The highest BCUT2D eigenvalue weighted by Crippen LogP contribution is 2.49. The fraction of sp³-hybridized carbons (Fsp3) is 0.143. The van der Waals surface area contributed by atoms with E-state index in [1.807, 2.05) is 48.5 Å². The molecule has 1 aliphatic heterocycles. The summed E-state index contributed by atoms with van der Waals surface area (Å²) in [6, 6.07) is 23.6. The predicted molar refractivity (Wildman–Crippen MR) is 138 cm³/mol. The van der Waals surface area contributed by atoms with Gasteiger partial charge in [-0.2, -0.15) is 0 Å². The number of benzene rings is 3. The van der Waals surface area contributed by atoms with Gasteiger partial charge in [-0.3, -0.25) is 15.1 Å². The molecule has 0 saturated heterocycles. The first-order valence-electron chi connectivity index (χ1n) is 11.1. The number of aliphatic hydroxyl groups excluding tert-OH is 1. The minimum atomic E-state index is -0.646. The van der Waals surface area contributed by atoms with Gasteiger partial charge in [-0.15, -0.1) is 0 Å². The minimum absolute atomic E-state index is 0.0102. The number of Topliss-reactive ketones (excluding diaryl/α,β-unsaturated/α-hetero) is 1. The predicted octanol–water partition coefficient (Wildman–Crippen LogP) is 7.55. The number of nitrogens with one attached hydrogen (secondary N) is 1. The highest BCUT2D eigenvalue weighted by Gasteiger charge is 2.43. The van der Waals surface area contributed by atoms with Gasteiger partial charge in [0.2, 0.25) is 0 Å². The van der Waals surface area contributed by atoms with E-state index in [0.717, 1.165) is 5.70 Å². The number of carbonyl (C=O) groups is 1. The largest absolute Gasteiger partial charge is 0.507 e. The highest BCUT2D eigenvalue weighted by molar-refractivity contribution is 6.32. The molecule has 0 bridgehead atoms. The molecule has 2 aliphatic rings. The quantitative estimate of drug-likeness (QED) is 0.374. The molecule has 1 heterocycles. The van der Waals surface area contributed by atoms with Gasteiger partial charge in [0.1, 0.15) is 11.6 Å². The van der Waals surface area contributed by atoms with E-state index in [9.17, 15) is 15.3 Å². The van der Waals surface area contributed by atoms with Crippen LogP contribution in [0, 0.1) is 5.41 Å². The number of carbonyl (C=O) groups excluding carboxylic acids is 1. The number of ketones is 1. The average Bonchev–Trinajstić information content (AvgIpc) is 2.85. The molecule has 170 valence electrons. The molecular weight excluding hydrogens is 467 g/mol. The third kappa shape index (κ3) is 3.83. The number of rotatable bonds is 3. The summed E-state index contributed by atoms with van der Waals surface area (Å²) in [5.41, 5.74) is 3.70. The zero-order valence-electron chi connectivity index (χ0n) is 18.3. The van der Waals surface area contributed by atoms with Gasteiger partial charge >= 0.3 is 0 Å². The van der Waals surface area contributed by atoms with Crippen molar-refractivity contribution in [2.24, 2.45) is 0 Å². The maximum absolute atomic E-state index is 13.4. The number of hydrogen-bond acceptors (Lipinski definition) is 3. The summed E-state index contributed by atoms with van der Waals surface area (Å²) in [7, 11) is 0. The number of hydrogen-bond donors (Lipinski definition) is 2. The summed E-state index contributed by atoms with van der Waals surface area (Å²) >= 11 is 12.8. The van der Waals surface area contributed by atoms with Crippen LogP contribution in [0.2, 0.25) is 10.0 Å². The van der Waals surface area contributed by atoms with Gasteiger partial charge < -0.3 is 5.11 Å². The molecule has 1 unspecified atom stereocenters. The first-order chi connectivity index (χ1) is 16.5. The van der Waals surface area contributed by atoms with Crippen LogP contribution in [0.1, 0.15) is 36.3 Å². The van der Waals surface area contributed by atoms with Gasteiger partial charge in [0.25, 0.3) is 0 Å². The Bertz CT molecular complexity index is 1340. The van der Waals surface area contributed by atoms with E-state index in [1.165, 1.54) is 0 Å². The fourth-order valence-corrected chi connectivity index (χ4v) is 5.21. The molecule has 3 aromatic carbocycles. The van der Waals surface area contributed by atoms with Crippen LogP contribution in [-0.4, -0.2) is 16.7 Å². The van der Waals surface area contributed by atoms with E-state index in [4.69, 9.17) is 23.2 Å². The summed E-state index contributed by atoms with van der Waals surface area (Å²) in [6.45, 7) is 0. The van der Waals surface area contributed by atoms with Crippen LogP contribution in [-0.2, 0) is 4.79 Å². The van der Waals surface area contributed by atoms with Crippen LogP contribution in [0.15, 0.2) is 95.7 Å². The molecule has 1 aliphatic carbocycles. The van der Waals surface area contributed by atoms with Crippen molar-refractivity contribution < 1.29 is 9.90 Å². The maximum atomic E-state index is 13.4. The zero-order valence-corrected chi connectivity index (χ0v) is 19.8. The van der Waals surface area contributed by atoms with Crippen molar-refractivity contribution in [1.82, 2.24) is 0 Å². The molecule has 2 N–H and O–H groups in total. The van der Waals surface area contributed by atoms with E-state index in [-0.39, 0.29) is 17.4 Å². The number of aliphatic hydroxyl groups is 1. The van der Waals surface area contributed by atoms with Gasteiger partial charge in [-0.05, 0) is 48.7 Å². The molecule has 3 aromatic rings. The smallest absolute Gasteiger partial charge is 0.161 e. The standard InChI is InChI=1S/C28H22Cl2N2O2/c29-18-13-15-19(16-14-18)32-22-11-6-12-23(33)25(22)24(20-9-4-5-10-21(20)30)26(28(32)31)27(34)17-7-2-1-3-8-17/h1-5,7-10,13-16,24,31,34H,6,11-12H2. The molecule has 0 radical (unpaired) electrons. The fourth-order valence-electron chi connectivity index (χ4n) is 4.84. The van der Waals surface area contributed by atoms with Crippen LogP contribution < -0.4 is 4.90 Å². The van der Waals surface area contributed by atoms with Crippen LogP contribution in [0.25, 0.3) is 5.76 Å². The highest BCUT2D eigenvalue weighted by atomic mass is 35.5. The molecule has 0 spiro atoms. The molecule has 0 saturated carbocycles. The average molecular weight is 489 g/mol. The summed E-state index contributed by atoms with van der Waals surface area (Å²) in [5.74, 6) is -0.565. The Hall–Kier alpha value is -3.34.